The summed E-state index contributed by atoms with van der Waals surface area (Å²) in [5.41, 5.74) is -0.252. The molecule has 20 heavy (non-hydrogen) atoms. The van der Waals surface area contributed by atoms with Crippen molar-refractivity contribution in [1.82, 2.24) is 4.90 Å². The molecule has 1 aromatic carbocycles. The Morgan fingerprint density at radius 3 is 2.60 bits per heavy atom. The van der Waals surface area contributed by atoms with Crippen LogP contribution in [0.2, 0.25) is 0 Å². The first-order valence-electron chi connectivity index (χ1n) is 5.79. The molecule has 2 rings (SSSR count). The van der Waals surface area contributed by atoms with Crippen molar-refractivity contribution in [2.24, 2.45) is 5.92 Å². The van der Waals surface area contributed by atoms with Crippen LogP contribution in [0.15, 0.2) is 16.6 Å². The molecule has 0 saturated carbocycles. The third-order valence-corrected chi connectivity index (χ3v) is 3.57. The minimum Gasteiger partial charge on any atom is -0.481 e. The summed E-state index contributed by atoms with van der Waals surface area (Å²) < 4.78 is 26.8. The van der Waals surface area contributed by atoms with Crippen molar-refractivity contribution in [2.45, 2.75) is 6.42 Å². The number of nitrogens with one attached hydrogen (secondary N) is 1. The number of benzene rings is 1. The SMILES string of the molecule is O=C(O)CC1CN(C(=O)Nc2cc(F)c(Br)cc2F)C1. The number of carboxylic acids is 1. The lowest BCUT2D eigenvalue weighted by atomic mass is 9.97. The van der Waals surface area contributed by atoms with Gasteiger partial charge in [-0.05, 0) is 22.0 Å². The summed E-state index contributed by atoms with van der Waals surface area (Å²) in [6.07, 6.45) is -0.00888. The average molecular weight is 349 g/mol. The number of halogens is 3. The molecule has 2 N–H and O–H groups in total. The predicted molar refractivity (Wildman–Crippen MR) is 70.4 cm³/mol. The van der Waals surface area contributed by atoms with Crippen molar-refractivity contribution in [3.05, 3.63) is 28.2 Å². The van der Waals surface area contributed by atoms with Crippen LogP contribution in [-0.4, -0.2) is 35.1 Å². The number of carbonyl (C=O) groups is 2. The van der Waals surface area contributed by atoms with Crippen LogP contribution in [0.1, 0.15) is 6.42 Å². The first-order valence-corrected chi connectivity index (χ1v) is 6.58. The highest BCUT2D eigenvalue weighted by Gasteiger charge is 2.32. The zero-order valence-electron chi connectivity index (χ0n) is 10.2. The molecular formula is C12H11BrF2N2O3. The standard InChI is InChI=1S/C12H11BrF2N2O3/c13-7-2-9(15)10(3-8(7)14)16-12(20)17-4-6(5-17)1-11(18)19/h2-3,6H,1,4-5H2,(H,16,20)(H,18,19). The van der Waals surface area contributed by atoms with Crippen molar-refractivity contribution in [2.75, 3.05) is 18.4 Å². The lowest BCUT2D eigenvalue weighted by Crippen LogP contribution is -2.52. The zero-order chi connectivity index (χ0) is 14.9. The molecule has 0 aliphatic carbocycles. The number of hydrogen-bond acceptors (Lipinski definition) is 2. The van der Waals surface area contributed by atoms with E-state index in [9.17, 15) is 18.4 Å². The van der Waals surface area contributed by atoms with Gasteiger partial charge in [0.1, 0.15) is 11.6 Å². The summed E-state index contributed by atoms with van der Waals surface area (Å²) in [5, 5.41) is 10.8. The normalized spacial score (nSPS) is 14.8. The molecule has 1 aliphatic rings. The number of urea groups is 1. The van der Waals surface area contributed by atoms with Crippen LogP contribution in [0.3, 0.4) is 0 Å². The minimum atomic E-state index is -0.920. The van der Waals surface area contributed by atoms with E-state index in [1.165, 1.54) is 4.90 Å². The van der Waals surface area contributed by atoms with Gasteiger partial charge in [-0.3, -0.25) is 4.79 Å². The molecule has 1 aromatic rings. The summed E-state index contributed by atoms with van der Waals surface area (Å²) in [7, 11) is 0. The Labute approximate surface area is 121 Å². The molecule has 1 saturated heterocycles. The van der Waals surface area contributed by atoms with Crippen molar-refractivity contribution >= 4 is 33.6 Å². The largest absolute Gasteiger partial charge is 0.481 e. The first kappa shape index (κ1) is 14.7. The van der Waals surface area contributed by atoms with Crippen molar-refractivity contribution in [3.63, 3.8) is 0 Å². The van der Waals surface area contributed by atoms with E-state index in [0.717, 1.165) is 12.1 Å². The van der Waals surface area contributed by atoms with E-state index in [-0.39, 0.29) is 22.5 Å². The fourth-order valence-electron chi connectivity index (χ4n) is 1.92. The van der Waals surface area contributed by atoms with Gasteiger partial charge in [-0.1, -0.05) is 0 Å². The molecule has 0 bridgehead atoms. The molecule has 0 spiro atoms. The van der Waals surface area contributed by atoms with Gasteiger partial charge in [0, 0.05) is 25.1 Å². The fourth-order valence-corrected chi connectivity index (χ4v) is 2.24. The van der Waals surface area contributed by atoms with Gasteiger partial charge in [-0.2, -0.15) is 0 Å². The quantitative estimate of drug-likeness (QED) is 0.825. The first-order chi connectivity index (χ1) is 9.36. The Balaban J connectivity index is 1.93. The van der Waals surface area contributed by atoms with Crippen LogP contribution in [0.25, 0.3) is 0 Å². The molecule has 108 valence electrons. The third kappa shape index (κ3) is 3.24. The number of anilines is 1. The lowest BCUT2D eigenvalue weighted by molar-refractivity contribution is -0.139. The molecule has 0 aromatic heterocycles. The van der Waals surface area contributed by atoms with E-state index >= 15 is 0 Å². The molecule has 5 nitrogen and oxygen atoms in total. The number of nitrogens with zero attached hydrogens (tertiary/aromatic N) is 1. The van der Waals surface area contributed by atoms with Gasteiger partial charge in [0.05, 0.1) is 16.6 Å². The zero-order valence-corrected chi connectivity index (χ0v) is 11.8. The van der Waals surface area contributed by atoms with Gasteiger partial charge in [0.25, 0.3) is 0 Å². The second-order valence-electron chi connectivity index (χ2n) is 4.55. The van der Waals surface area contributed by atoms with Crippen LogP contribution in [0.4, 0.5) is 19.3 Å². The van der Waals surface area contributed by atoms with Gasteiger partial charge < -0.3 is 15.3 Å². The van der Waals surface area contributed by atoms with Crippen molar-refractivity contribution in [3.8, 4) is 0 Å². The van der Waals surface area contributed by atoms with E-state index in [4.69, 9.17) is 5.11 Å². The highest BCUT2D eigenvalue weighted by molar-refractivity contribution is 9.10. The average Bonchev–Trinajstić information content (AvgIpc) is 2.29. The molecular weight excluding hydrogens is 338 g/mol. The third-order valence-electron chi connectivity index (χ3n) is 2.96. The Kier molecular flexibility index (Phi) is 4.22. The van der Waals surface area contributed by atoms with Gasteiger partial charge >= 0.3 is 12.0 Å². The number of likely N-dealkylation sites (tertiary alicyclic amines) is 1. The van der Waals surface area contributed by atoms with Gasteiger partial charge in [-0.15, -0.1) is 0 Å². The van der Waals surface area contributed by atoms with Crippen LogP contribution in [-0.2, 0) is 4.79 Å². The highest BCUT2D eigenvalue weighted by Crippen LogP contribution is 2.25. The van der Waals surface area contributed by atoms with Crippen LogP contribution >= 0.6 is 15.9 Å². The molecule has 8 heteroatoms. The van der Waals surface area contributed by atoms with Crippen molar-refractivity contribution < 1.29 is 23.5 Å². The molecule has 1 fully saturated rings. The van der Waals surface area contributed by atoms with Gasteiger partial charge in [-0.25, -0.2) is 13.6 Å². The second-order valence-corrected chi connectivity index (χ2v) is 5.40. The maximum Gasteiger partial charge on any atom is 0.321 e. The summed E-state index contributed by atoms with van der Waals surface area (Å²) in [4.78, 5) is 23.6. The Bertz CT molecular complexity index is 562. The Hall–Kier alpha value is -1.70. The van der Waals surface area contributed by atoms with Crippen molar-refractivity contribution in [1.29, 1.82) is 0 Å². The van der Waals surface area contributed by atoms with E-state index < -0.39 is 23.6 Å². The maximum absolute atomic E-state index is 13.5. The van der Waals surface area contributed by atoms with Crippen LogP contribution in [0, 0.1) is 17.6 Å². The Morgan fingerprint density at radius 1 is 1.35 bits per heavy atom. The minimum absolute atomic E-state index is 0.00888. The van der Waals surface area contributed by atoms with Crippen LogP contribution in [0.5, 0.6) is 0 Å². The topological polar surface area (TPSA) is 69.6 Å². The van der Waals surface area contributed by atoms with Gasteiger partial charge in [0.15, 0.2) is 0 Å². The monoisotopic (exact) mass is 348 g/mol. The maximum atomic E-state index is 13.5. The molecule has 0 unspecified atom stereocenters. The fraction of sp³-hybridized carbons (Fsp3) is 0.333. The Morgan fingerprint density at radius 2 is 2.00 bits per heavy atom. The van der Waals surface area contributed by atoms with Gasteiger partial charge in [0.2, 0.25) is 0 Å². The summed E-state index contributed by atoms with van der Waals surface area (Å²) in [6.45, 7) is 0.581. The lowest BCUT2D eigenvalue weighted by Gasteiger charge is -2.38. The van der Waals surface area contributed by atoms with E-state index in [1.54, 1.807) is 0 Å². The number of aliphatic carboxylic acids is 1. The number of carboxylic acid groups (broad SMARTS) is 1. The molecule has 0 radical (unpaired) electrons. The highest BCUT2D eigenvalue weighted by atomic mass is 79.9. The smallest absolute Gasteiger partial charge is 0.321 e. The number of rotatable bonds is 3. The summed E-state index contributed by atoms with van der Waals surface area (Å²) in [5.74, 6) is -2.45. The van der Waals surface area contributed by atoms with E-state index in [1.807, 2.05) is 0 Å². The molecule has 0 atom stereocenters. The summed E-state index contributed by atoms with van der Waals surface area (Å²) in [6, 6.07) is 1.23. The number of amides is 2. The van der Waals surface area contributed by atoms with E-state index in [0.29, 0.717) is 13.1 Å². The summed E-state index contributed by atoms with van der Waals surface area (Å²) >= 11 is 2.84. The van der Waals surface area contributed by atoms with E-state index in [2.05, 4.69) is 21.2 Å². The number of carbonyl (C=O) groups excluding carboxylic acids is 1. The predicted octanol–water partition coefficient (Wildman–Crippen LogP) is 2.67. The number of hydrogen-bond donors (Lipinski definition) is 2. The molecule has 1 heterocycles. The van der Waals surface area contributed by atoms with Crippen LogP contribution < -0.4 is 5.32 Å². The molecule has 1 aliphatic heterocycles. The second kappa shape index (κ2) is 5.74. The molecule has 2 amide bonds.